The highest BCUT2D eigenvalue weighted by Gasteiger charge is 2.38. The molecule has 94 valence electrons. The molecule has 2 rings (SSSR count). The molecule has 2 aliphatic carbocycles. The fourth-order valence-electron chi connectivity index (χ4n) is 3.57. The smallest absolute Gasteiger partial charge is 0.0613 e. The van der Waals surface area contributed by atoms with Crippen LogP contribution in [0.25, 0.3) is 0 Å². The molecule has 2 unspecified atom stereocenters. The third kappa shape index (κ3) is 2.98. The lowest BCUT2D eigenvalue weighted by Gasteiger charge is -2.33. The standard InChI is InChI=1S/C14H27NO/c1-12-8-9-14(10-12,11-16)15-13-6-4-2-3-5-7-13/h12-13,15-16H,2-11H2,1H3. The molecule has 16 heavy (non-hydrogen) atoms. The van der Waals surface area contributed by atoms with Crippen LogP contribution in [0.15, 0.2) is 0 Å². The molecule has 0 bridgehead atoms. The summed E-state index contributed by atoms with van der Waals surface area (Å²) in [6.07, 6.45) is 11.8. The Morgan fingerprint density at radius 3 is 2.31 bits per heavy atom. The molecule has 0 spiro atoms. The summed E-state index contributed by atoms with van der Waals surface area (Å²) < 4.78 is 0. The van der Waals surface area contributed by atoms with Crippen molar-refractivity contribution in [3.8, 4) is 0 Å². The molecule has 2 saturated carbocycles. The van der Waals surface area contributed by atoms with Crippen LogP contribution in [0, 0.1) is 5.92 Å². The highest BCUT2D eigenvalue weighted by atomic mass is 16.3. The molecule has 2 atom stereocenters. The number of hydrogen-bond donors (Lipinski definition) is 2. The Morgan fingerprint density at radius 2 is 1.81 bits per heavy atom. The van der Waals surface area contributed by atoms with E-state index >= 15 is 0 Å². The lowest BCUT2D eigenvalue weighted by atomic mass is 9.94. The van der Waals surface area contributed by atoms with Crippen LogP contribution in [0.2, 0.25) is 0 Å². The number of aliphatic hydroxyl groups excluding tert-OH is 1. The SMILES string of the molecule is CC1CCC(CO)(NC2CCCCCC2)C1. The predicted octanol–water partition coefficient (Wildman–Crippen LogP) is 2.85. The van der Waals surface area contributed by atoms with E-state index in [1.165, 1.54) is 57.8 Å². The van der Waals surface area contributed by atoms with Gasteiger partial charge in [-0.2, -0.15) is 0 Å². The summed E-state index contributed by atoms with van der Waals surface area (Å²) in [4.78, 5) is 0. The normalized spacial score (nSPS) is 37.5. The number of nitrogens with one attached hydrogen (secondary N) is 1. The minimum atomic E-state index is 0.0639. The van der Waals surface area contributed by atoms with E-state index in [9.17, 15) is 5.11 Å². The Bertz CT molecular complexity index is 211. The van der Waals surface area contributed by atoms with Gasteiger partial charge in [-0.25, -0.2) is 0 Å². The number of hydrogen-bond acceptors (Lipinski definition) is 2. The summed E-state index contributed by atoms with van der Waals surface area (Å²) in [5.41, 5.74) is 0.0639. The Kier molecular flexibility index (Phi) is 4.26. The van der Waals surface area contributed by atoms with Gasteiger partial charge >= 0.3 is 0 Å². The number of rotatable bonds is 3. The van der Waals surface area contributed by atoms with E-state index in [2.05, 4.69) is 12.2 Å². The van der Waals surface area contributed by atoms with Gasteiger partial charge in [-0.15, -0.1) is 0 Å². The third-order valence-corrected chi connectivity index (χ3v) is 4.52. The molecule has 0 aromatic rings. The van der Waals surface area contributed by atoms with Crippen LogP contribution in [0.1, 0.15) is 64.7 Å². The average molecular weight is 225 g/mol. The molecule has 0 aliphatic heterocycles. The lowest BCUT2D eigenvalue weighted by molar-refractivity contribution is 0.143. The van der Waals surface area contributed by atoms with Crippen molar-refractivity contribution in [1.29, 1.82) is 0 Å². The molecule has 0 amide bonds. The van der Waals surface area contributed by atoms with Crippen LogP contribution in [-0.2, 0) is 0 Å². The van der Waals surface area contributed by atoms with Crippen molar-refractivity contribution in [1.82, 2.24) is 5.32 Å². The van der Waals surface area contributed by atoms with E-state index in [4.69, 9.17) is 0 Å². The van der Waals surface area contributed by atoms with Gasteiger partial charge in [-0.05, 0) is 38.0 Å². The van der Waals surface area contributed by atoms with E-state index in [1.54, 1.807) is 0 Å². The fraction of sp³-hybridized carbons (Fsp3) is 1.00. The van der Waals surface area contributed by atoms with E-state index in [1.807, 2.05) is 0 Å². The molecule has 0 aromatic heterocycles. The number of aliphatic hydroxyl groups is 1. The molecule has 2 N–H and O–H groups in total. The highest BCUT2D eigenvalue weighted by Crippen LogP contribution is 2.35. The first-order valence-electron chi connectivity index (χ1n) is 7.13. The van der Waals surface area contributed by atoms with E-state index < -0.39 is 0 Å². The van der Waals surface area contributed by atoms with Crippen molar-refractivity contribution in [3.05, 3.63) is 0 Å². The summed E-state index contributed by atoms with van der Waals surface area (Å²) in [6.45, 7) is 2.64. The molecular formula is C14H27NO. The minimum Gasteiger partial charge on any atom is -0.394 e. The van der Waals surface area contributed by atoms with Gasteiger partial charge in [0.15, 0.2) is 0 Å². The van der Waals surface area contributed by atoms with Gasteiger partial charge in [0.05, 0.1) is 6.61 Å². The second kappa shape index (κ2) is 5.50. The topological polar surface area (TPSA) is 32.3 Å². The molecule has 0 heterocycles. The summed E-state index contributed by atoms with van der Waals surface area (Å²) in [7, 11) is 0. The summed E-state index contributed by atoms with van der Waals surface area (Å²) in [6, 6.07) is 0.667. The van der Waals surface area contributed by atoms with Gasteiger partial charge in [0.1, 0.15) is 0 Å². The molecule has 2 fully saturated rings. The summed E-state index contributed by atoms with van der Waals surface area (Å²) >= 11 is 0. The first kappa shape index (κ1) is 12.4. The quantitative estimate of drug-likeness (QED) is 0.724. The van der Waals surface area contributed by atoms with Gasteiger partial charge in [0, 0.05) is 11.6 Å². The molecule has 2 aliphatic rings. The molecular weight excluding hydrogens is 198 g/mol. The largest absolute Gasteiger partial charge is 0.394 e. The Balaban J connectivity index is 1.90. The van der Waals surface area contributed by atoms with E-state index in [-0.39, 0.29) is 5.54 Å². The Morgan fingerprint density at radius 1 is 1.12 bits per heavy atom. The third-order valence-electron chi connectivity index (χ3n) is 4.52. The molecule has 0 radical (unpaired) electrons. The van der Waals surface area contributed by atoms with Crippen molar-refractivity contribution >= 4 is 0 Å². The highest BCUT2D eigenvalue weighted by molar-refractivity contribution is 4.96. The molecule has 0 saturated heterocycles. The fourth-order valence-corrected chi connectivity index (χ4v) is 3.57. The average Bonchev–Trinajstić information content (AvgIpc) is 2.51. The zero-order valence-electron chi connectivity index (χ0n) is 10.7. The first-order valence-corrected chi connectivity index (χ1v) is 7.13. The maximum absolute atomic E-state index is 9.67. The maximum Gasteiger partial charge on any atom is 0.0613 e. The summed E-state index contributed by atoms with van der Waals surface area (Å²) in [5, 5.41) is 13.5. The first-order chi connectivity index (χ1) is 7.74. The Labute approximate surface area is 99.8 Å². The minimum absolute atomic E-state index is 0.0639. The molecule has 0 aromatic carbocycles. The zero-order chi connectivity index (χ0) is 11.4. The van der Waals surface area contributed by atoms with Gasteiger partial charge in [0.25, 0.3) is 0 Å². The molecule has 2 nitrogen and oxygen atoms in total. The second-order valence-electron chi connectivity index (χ2n) is 6.12. The van der Waals surface area contributed by atoms with Crippen molar-refractivity contribution in [2.45, 2.75) is 76.3 Å². The van der Waals surface area contributed by atoms with Gasteiger partial charge in [0.2, 0.25) is 0 Å². The van der Waals surface area contributed by atoms with E-state index in [0.29, 0.717) is 12.6 Å². The van der Waals surface area contributed by atoms with Gasteiger partial charge < -0.3 is 10.4 Å². The molecule has 2 heteroatoms. The van der Waals surface area contributed by atoms with E-state index in [0.717, 1.165) is 5.92 Å². The Hall–Kier alpha value is -0.0800. The zero-order valence-corrected chi connectivity index (χ0v) is 10.7. The van der Waals surface area contributed by atoms with Crippen molar-refractivity contribution in [3.63, 3.8) is 0 Å². The van der Waals surface area contributed by atoms with Crippen molar-refractivity contribution in [2.24, 2.45) is 5.92 Å². The van der Waals surface area contributed by atoms with Crippen molar-refractivity contribution in [2.75, 3.05) is 6.61 Å². The van der Waals surface area contributed by atoms with Crippen LogP contribution < -0.4 is 5.32 Å². The predicted molar refractivity (Wildman–Crippen MR) is 67.5 cm³/mol. The van der Waals surface area contributed by atoms with Crippen LogP contribution in [0.4, 0.5) is 0 Å². The maximum atomic E-state index is 9.67. The van der Waals surface area contributed by atoms with Crippen LogP contribution in [-0.4, -0.2) is 23.3 Å². The second-order valence-corrected chi connectivity index (χ2v) is 6.12. The van der Waals surface area contributed by atoms with Crippen LogP contribution in [0.3, 0.4) is 0 Å². The van der Waals surface area contributed by atoms with Crippen LogP contribution >= 0.6 is 0 Å². The van der Waals surface area contributed by atoms with Crippen molar-refractivity contribution < 1.29 is 5.11 Å². The lowest BCUT2D eigenvalue weighted by Crippen LogP contribution is -2.51. The summed E-state index contributed by atoms with van der Waals surface area (Å²) in [5.74, 6) is 0.783. The van der Waals surface area contributed by atoms with Gasteiger partial charge in [-0.1, -0.05) is 32.6 Å². The van der Waals surface area contributed by atoms with Gasteiger partial charge in [-0.3, -0.25) is 0 Å². The monoisotopic (exact) mass is 225 g/mol. The van der Waals surface area contributed by atoms with Crippen LogP contribution in [0.5, 0.6) is 0 Å².